The third-order valence-corrected chi connectivity index (χ3v) is 5.77. The minimum atomic E-state index is -3.79. The van der Waals surface area contributed by atoms with Crippen molar-refractivity contribution >= 4 is 21.8 Å². The van der Waals surface area contributed by atoms with E-state index in [1.54, 1.807) is 19.2 Å². The van der Waals surface area contributed by atoms with Crippen LogP contribution < -0.4 is 20.1 Å². The topological polar surface area (TPSA) is 114 Å². The van der Waals surface area contributed by atoms with Gasteiger partial charge in [0.2, 0.25) is 21.8 Å². The lowest BCUT2D eigenvalue weighted by atomic mass is 10.1. The van der Waals surface area contributed by atoms with E-state index >= 15 is 0 Å². The number of ether oxygens (including phenoxy) is 1. The summed E-state index contributed by atoms with van der Waals surface area (Å²) in [7, 11) is -2.20. The van der Waals surface area contributed by atoms with Crippen LogP contribution in [-0.4, -0.2) is 47.0 Å². The highest BCUT2D eigenvalue weighted by Gasteiger charge is 2.15. The molecule has 2 aromatic rings. The Morgan fingerprint density at radius 3 is 2.20 bits per heavy atom. The number of aryl methyl sites for hydroxylation is 2. The first-order valence-electron chi connectivity index (χ1n) is 9.44. The molecule has 2 amide bonds. The van der Waals surface area contributed by atoms with Crippen molar-refractivity contribution in [3.8, 4) is 5.75 Å². The van der Waals surface area contributed by atoms with Crippen molar-refractivity contribution < 1.29 is 22.7 Å². The predicted molar refractivity (Wildman–Crippen MR) is 114 cm³/mol. The summed E-state index contributed by atoms with van der Waals surface area (Å²) in [4.78, 5) is 23.9. The Morgan fingerprint density at radius 2 is 1.53 bits per heavy atom. The molecule has 0 atom stereocenters. The minimum absolute atomic E-state index is 0.0743. The monoisotopic (exact) mass is 433 g/mol. The predicted octanol–water partition coefficient (Wildman–Crippen LogP) is 1.07. The van der Waals surface area contributed by atoms with Crippen molar-refractivity contribution in [3.05, 3.63) is 59.2 Å². The number of methoxy groups -OCH3 is 1. The largest absolute Gasteiger partial charge is 0.496 e. The highest BCUT2D eigenvalue weighted by Crippen LogP contribution is 2.19. The van der Waals surface area contributed by atoms with Gasteiger partial charge in [0.25, 0.3) is 0 Å². The molecule has 0 aliphatic carbocycles. The van der Waals surface area contributed by atoms with E-state index in [0.29, 0.717) is 13.0 Å². The van der Waals surface area contributed by atoms with Crippen LogP contribution in [0.2, 0.25) is 0 Å². The van der Waals surface area contributed by atoms with Gasteiger partial charge < -0.3 is 15.4 Å². The molecular weight excluding hydrogens is 406 g/mol. The molecule has 0 spiro atoms. The van der Waals surface area contributed by atoms with E-state index in [0.717, 1.165) is 22.4 Å². The van der Waals surface area contributed by atoms with E-state index in [-0.39, 0.29) is 17.3 Å². The van der Waals surface area contributed by atoms with E-state index in [1.165, 1.54) is 12.1 Å². The minimum Gasteiger partial charge on any atom is -0.496 e. The molecule has 0 aromatic heterocycles. The molecule has 0 aliphatic heterocycles. The second-order valence-corrected chi connectivity index (χ2v) is 8.60. The summed E-state index contributed by atoms with van der Waals surface area (Å²) in [5, 5.41) is 5.11. The van der Waals surface area contributed by atoms with Gasteiger partial charge in [-0.15, -0.1) is 0 Å². The number of nitrogens with one attached hydrogen (secondary N) is 3. The zero-order chi connectivity index (χ0) is 22.1. The smallest absolute Gasteiger partial charge is 0.241 e. The first-order valence-corrected chi connectivity index (χ1v) is 10.9. The van der Waals surface area contributed by atoms with Crippen LogP contribution >= 0.6 is 0 Å². The molecule has 2 rings (SSSR count). The Hall–Kier alpha value is -2.91. The van der Waals surface area contributed by atoms with Crippen LogP contribution in [0.4, 0.5) is 0 Å². The maximum Gasteiger partial charge on any atom is 0.241 e. The maximum absolute atomic E-state index is 12.2. The molecule has 2 aromatic carbocycles. The molecule has 0 fully saturated rings. The van der Waals surface area contributed by atoms with Gasteiger partial charge in [-0.2, -0.15) is 0 Å². The van der Waals surface area contributed by atoms with Gasteiger partial charge in [-0.3, -0.25) is 9.59 Å². The quantitative estimate of drug-likeness (QED) is 0.519. The van der Waals surface area contributed by atoms with Crippen molar-refractivity contribution in [1.29, 1.82) is 0 Å². The van der Waals surface area contributed by atoms with Gasteiger partial charge in [-0.1, -0.05) is 35.4 Å². The number of rotatable bonds is 10. The maximum atomic E-state index is 12.2. The fourth-order valence-electron chi connectivity index (χ4n) is 2.70. The number of amides is 2. The molecule has 3 N–H and O–H groups in total. The molecular formula is C21H27N3O5S. The molecule has 0 radical (unpaired) electrons. The highest BCUT2D eigenvalue weighted by molar-refractivity contribution is 7.89. The van der Waals surface area contributed by atoms with Crippen LogP contribution in [0.25, 0.3) is 0 Å². The van der Waals surface area contributed by atoms with Crippen LogP contribution in [0.5, 0.6) is 5.75 Å². The first-order chi connectivity index (χ1) is 14.2. The second kappa shape index (κ2) is 10.7. The van der Waals surface area contributed by atoms with Gasteiger partial charge in [0.05, 0.1) is 25.1 Å². The molecule has 0 aliphatic rings. The Kier molecular flexibility index (Phi) is 8.37. The van der Waals surface area contributed by atoms with Crippen LogP contribution in [0.1, 0.15) is 16.7 Å². The fraction of sp³-hybridized carbons (Fsp3) is 0.333. The molecule has 0 saturated carbocycles. The zero-order valence-electron chi connectivity index (χ0n) is 17.3. The van der Waals surface area contributed by atoms with Gasteiger partial charge >= 0.3 is 0 Å². The SMILES string of the molecule is COc1ccc(C)cc1CCNC(=O)CNC(=O)CNS(=O)(=O)c1ccc(C)cc1. The van der Waals surface area contributed by atoms with Crippen LogP contribution in [-0.2, 0) is 26.0 Å². The summed E-state index contributed by atoms with van der Waals surface area (Å²) in [6.07, 6.45) is 0.584. The van der Waals surface area contributed by atoms with E-state index < -0.39 is 22.5 Å². The van der Waals surface area contributed by atoms with Crippen molar-refractivity contribution in [2.24, 2.45) is 0 Å². The summed E-state index contributed by atoms with van der Waals surface area (Å²) in [5.41, 5.74) is 3.00. The van der Waals surface area contributed by atoms with Crippen LogP contribution in [0.3, 0.4) is 0 Å². The number of hydrogen-bond donors (Lipinski definition) is 3. The van der Waals surface area contributed by atoms with Crippen LogP contribution in [0.15, 0.2) is 47.4 Å². The third-order valence-electron chi connectivity index (χ3n) is 4.35. The average Bonchev–Trinajstić information content (AvgIpc) is 2.71. The molecule has 8 nitrogen and oxygen atoms in total. The number of carbonyl (C=O) groups excluding carboxylic acids is 2. The number of hydrogen-bond acceptors (Lipinski definition) is 5. The molecule has 0 unspecified atom stereocenters. The van der Waals surface area contributed by atoms with Gasteiger partial charge in [0.15, 0.2) is 0 Å². The molecule has 162 valence electrons. The number of benzene rings is 2. The normalized spacial score (nSPS) is 11.0. The number of carbonyl (C=O) groups is 2. The lowest BCUT2D eigenvalue weighted by molar-refractivity contribution is -0.125. The molecule has 0 bridgehead atoms. The van der Waals surface area contributed by atoms with E-state index in [9.17, 15) is 18.0 Å². The Morgan fingerprint density at radius 1 is 0.900 bits per heavy atom. The third kappa shape index (κ3) is 7.16. The molecule has 30 heavy (non-hydrogen) atoms. The summed E-state index contributed by atoms with van der Waals surface area (Å²) in [6.45, 7) is 3.51. The van der Waals surface area contributed by atoms with Gasteiger partial charge in [-0.05, 0) is 44.0 Å². The highest BCUT2D eigenvalue weighted by atomic mass is 32.2. The number of sulfonamides is 1. The lowest BCUT2D eigenvalue weighted by Crippen LogP contribution is -2.42. The van der Waals surface area contributed by atoms with Gasteiger partial charge in [0.1, 0.15) is 5.75 Å². The molecule has 0 saturated heterocycles. The standard InChI is InChI=1S/C21H27N3O5S/c1-15-4-7-18(8-5-15)30(27,28)24-14-21(26)23-13-20(25)22-11-10-17-12-16(2)6-9-19(17)29-3/h4-9,12,24H,10-11,13-14H2,1-3H3,(H,22,25)(H,23,26). The van der Waals surface area contributed by atoms with Crippen molar-refractivity contribution in [1.82, 2.24) is 15.4 Å². The summed E-state index contributed by atoms with van der Waals surface area (Å²) < 4.78 is 31.8. The van der Waals surface area contributed by atoms with Gasteiger partial charge in [0, 0.05) is 6.54 Å². The van der Waals surface area contributed by atoms with E-state index in [4.69, 9.17) is 4.74 Å². The van der Waals surface area contributed by atoms with Crippen molar-refractivity contribution in [2.45, 2.75) is 25.2 Å². The van der Waals surface area contributed by atoms with E-state index in [2.05, 4.69) is 15.4 Å². The Bertz CT molecular complexity index is 988. The summed E-state index contributed by atoms with van der Waals surface area (Å²) >= 11 is 0. The van der Waals surface area contributed by atoms with Crippen molar-refractivity contribution in [2.75, 3.05) is 26.7 Å². The zero-order valence-corrected chi connectivity index (χ0v) is 18.1. The summed E-state index contributed by atoms with van der Waals surface area (Å²) in [6, 6.07) is 12.1. The molecule has 9 heteroatoms. The van der Waals surface area contributed by atoms with Crippen molar-refractivity contribution in [3.63, 3.8) is 0 Å². The average molecular weight is 434 g/mol. The van der Waals surface area contributed by atoms with Crippen LogP contribution in [0, 0.1) is 13.8 Å². The summed E-state index contributed by atoms with van der Waals surface area (Å²) in [5.74, 6) is -0.207. The van der Waals surface area contributed by atoms with Gasteiger partial charge in [-0.25, -0.2) is 13.1 Å². The Labute approximate surface area is 177 Å². The first kappa shape index (κ1) is 23.4. The second-order valence-electron chi connectivity index (χ2n) is 6.83. The van der Waals surface area contributed by atoms with E-state index in [1.807, 2.05) is 32.0 Å². The lowest BCUT2D eigenvalue weighted by Gasteiger charge is -2.11. The Balaban J connectivity index is 1.72. The molecule has 0 heterocycles. The fourth-order valence-corrected chi connectivity index (χ4v) is 3.69.